The first-order valence-electron chi connectivity index (χ1n) is 7.76. The molecule has 2 heterocycles. The predicted molar refractivity (Wildman–Crippen MR) is 84.6 cm³/mol. The van der Waals surface area contributed by atoms with Crippen LogP contribution in [-0.2, 0) is 27.4 Å². The third-order valence-corrected chi connectivity index (χ3v) is 3.81. The molecule has 0 aliphatic carbocycles. The monoisotopic (exact) mass is 332 g/mol. The van der Waals surface area contributed by atoms with Crippen LogP contribution in [0.1, 0.15) is 12.0 Å². The van der Waals surface area contributed by atoms with E-state index < -0.39 is 0 Å². The minimum absolute atomic E-state index is 0.0262. The maximum absolute atomic E-state index is 12.2. The Bertz CT molecular complexity index is 662. The Balaban J connectivity index is 1.54. The first-order valence-corrected chi connectivity index (χ1v) is 7.76. The predicted octanol–water partition coefficient (Wildman–Crippen LogP) is -0.254. The highest BCUT2D eigenvalue weighted by atomic mass is 16.5. The van der Waals surface area contributed by atoms with Gasteiger partial charge in [-0.05, 0) is 22.4 Å². The molecule has 3 rings (SSSR count). The summed E-state index contributed by atoms with van der Waals surface area (Å²) in [4.78, 5) is 12.2. The molecule has 9 heteroatoms. The quantitative estimate of drug-likeness (QED) is 0.748. The van der Waals surface area contributed by atoms with E-state index in [4.69, 9.17) is 15.2 Å². The molecule has 0 radical (unpaired) electrons. The van der Waals surface area contributed by atoms with Gasteiger partial charge in [0.05, 0.1) is 19.3 Å². The second-order valence-electron chi connectivity index (χ2n) is 5.57. The number of nitrogens with two attached hydrogens (primary N) is 1. The number of nitrogens with one attached hydrogen (secondary N) is 1. The summed E-state index contributed by atoms with van der Waals surface area (Å²) in [5, 5.41) is 13.6. The van der Waals surface area contributed by atoms with Crippen LogP contribution < -0.4 is 11.1 Å². The minimum atomic E-state index is -0.214. The molecule has 1 aromatic heterocycles. The van der Waals surface area contributed by atoms with Crippen molar-refractivity contribution in [3.63, 3.8) is 0 Å². The first-order chi connectivity index (χ1) is 11.7. The van der Waals surface area contributed by atoms with Crippen LogP contribution in [0.5, 0.6) is 0 Å². The van der Waals surface area contributed by atoms with Gasteiger partial charge in [0.15, 0.2) is 0 Å². The molecule has 3 N–H and O–H groups in total. The van der Waals surface area contributed by atoms with Gasteiger partial charge >= 0.3 is 0 Å². The number of carbonyl (C=O) groups excluding carboxylic acids is 1. The normalized spacial score (nSPS) is 20.7. The molecule has 0 unspecified atom stereocenters. The largest absolute Gasteiger partial charge is 0.379 e. The van der Waals surface area contributed by atoms with Crippen molar-refractivity contribution in [2.24, 2.45) is 0 Å². The standard InChI is InChI=1S/C15H20N6O3/c16-15-18-19-20-21(15)8-14(22)17-12-6-7-23-10-13(12)24-9-11-4-2-1-3-5-11/h1-5,12-13H,6-10H2,(H,17,22)(H2,16,18,20)/t12-,13-/m1/s1. The van der Waals surface area contributed by atoms with Crippen LogP contribution in [0.25, 0.3) is 0 Å². The van der Waals surface area contributed by atoms with Crippen LogP contribution in [0.15, 0.2) is 30.3 Å². The summed E-state index contributed by atoms with van der Waals surface area (Å²) in [7, 11) is 0. The van der Waals surface area contributed by atoms with Gasteiger partial charge in [-0.25, -0.2) is 4.68 Å². The Hall–Kier alpha value is -2.52. The molecule has 1 saturated heterocycles. The van der Waals surface area contributed by atoms with Crippen molar-refractivity contribution < 1.29 is 14.3 Å². The van der Waals surface area contributed by atoms with Crippen LogP contribution in [0.2, 0.25) is 0 Å². The van der Waals surface area contributed by atoms with Crippen molar-refractivity contribution >= 4 is 11.9 Å². The fourth-order valence-electron chi connectivity index (χ4n) is 2.53. The zero-order valence-electron chi connectivity index (χ0n) is 13.2. The maximum Gasteiger partial charge on any atom is 0.242 e. The average molecular weight is 332 g/mol. The third kappa shape index (κ3) is 4.27. The Morgan fingerprint density at radius 1 is 1.42 bits per heavy atom. The van der Waals surface area contributed by atoms with E-state index in [1.807, 2.05) is 30.3 Å². The van der Waals surface area contributed by atoms with Crippen molar-refractivity contribution in [1.29, 1.82) is 0 Å². The van der Waals surface area contributed by atoms with E-state index in [-0.39, 0.29) is 30.5 Å². The Kier molecular flexibility index (Phi) is 5.34. The number of hydrogen-bond donors (Lipinski definition) is 2. The number of ether oxygens (including phenoxy) is 2. The van der Waals surface area contributed by atoms with Crippen molar-refractivity contribution in [1.82, 2.24) is 25.5 Å². The molecule has 0 spiro atoms. The summed E-state index contributed by atoms with van der Waals surface area (Å²) in [5.41, 5.74) is 6.64. The Morgan fingerprint density at radius 3 is 3.00 bits per heavy atom. The molecule has 24 heavy (non-hydrogen) atoms. The highest BCUT2D eigenvalue weighted by Crippen LogP contribution is 2.14. The van der Waals surface area contributed by atoms with E-state index in [9.17, 15) is 4.79 Å². The van der Waals surface area contributed by atoms with Crippen LogP contribution in [0.4, 0.5) is 5.95 Å². The SMILES string of the molecule is Nc1nnnn1CC(=O)N[C@@H]1CCOC[C@H]1OCc1ccccc1. The van der Waals surface area contributed by atoms with Crippen LogP contribution in [-0.4, -0.2) is 51.5 Å². The molecule has 2 aromatic rings. The minimum Gasteiger partial charge on any atom is -0.379 e. The van der Waals surface area contributed by atoms with Crippen LogP contribution in [0, 0.1) is 0 Å². The van der Waals surface area contributed by atoms with Crippen molar-refractivity contribution in [2.75, 3.05) is 18.9 Å². The van der Waals surface area contributed by atoms with E-state index in [2.05, 4.69) is 20.8 Å². The van der Waals surface area contributed by atoms with Gasteiger partial charge in [-0.1, -0.05) is 35.4 Å². The fourth-order valence-corrected chi connectivity index (χ4v) is 2.53. The fraction of sp³-hybridized carbons (Fsp3) is 0.467. The van der Waals surface area contributed by atoms with Crippen molar-refractivity contribution in [3.8, 4) is 0 Å². The first kappa shape index (κ1) is 16.3. The summed E-state index contributed by atoms with van der Waals surface area (Å²) < 4.78 is 12.6. The van der Waals surface area contributed by atoms with Gasteiger partial charge in [-0.2, -0.15) is 0 Å². The molecule has 1 amide bonds. The van der Waals surface area contributed by atoms with Gasteiger partial charge in [-0.3, -0.25) is 4.79 Å². The number of rotatable bonds is 6. The summed E-state index contributed by atoms with van der Waals surface area (Å²) >= 11 is 0. The molecule has 128 valence electrons. The second-order valence-corrected chi connectivity index (χ2v) is 5.57. The summed E-state index contributed by atoms with van der Waals surface area (Å²) in [6.45, 7) is 1.48. The number of nitrogen functional groups attached to an aromatic ring is 1. The van der Waals surface area contributed by atoms with Crippen molar-refractivity contribution in [2.45, 2.75) is 31.7 Å². The maximum atomic E-state index is 12.2. The number of hydrogen-bond acceptors (Lipinski definition) is 7. The molecule has 9 nitrogen and oxygen atoms in total. The highest BCUT2D eigenvalue weighted by molar-refractivity contribution is 5.76. The summed E-state index contributed by atoms with van der Waals surface area (Å²) in [6, 6.07) is 9.77. The number of nitrogens with zero attached hydrogens (tertiary/aromatic N) is 4. The van der Waals surface area contributed by atoms with E-state index in [0.717, 1.165) is 5.56 Å². The Labute approximate surface area is 139 Å². The molecule has 1 aliphatic heterocycles. The number of amides is 1. The van der Waals surface area contributed by atoms with Gasteiger partial charge in [0.25, 0.3) is 0 Å². The molecule has 0 bridgehead atoms. The van der Waals surface area contributed by atoms with Crippen LogP contribution in [0.3, 0.4) is 0 Å². The summed E-state index contributed by atoms with van der Waals surface area (Å²) in [6.07, 6.45) is 0.491. The molecular formula is C15H20N6O3. The molecule has 0 saturated carbocycles. The van der Waals surface area contributed by atoms with E-state index >= 15 is 0 Å². The molecule has 1 aliphatic rings. The zero-order chi connectivity index (χ0) is 16.8. The lowest BCUT2D eigenvalue weighted by Gasteiger charge is -2.32. The van der Waals surface area contributed by atoms with Gasteiger partial charge in [0.2, 0.25) is 11.9 Å². The number of aromatic nitrogens is 4. The number of carbonyl (C=O) groups is 1. The zero-order valence-corrected chi connectivity index (χ0v) is 13.2. The number of benzene rings is 1. The molecule has 2 atom stereocenters. The van der Waals surface area contributed by atoms with Gasteiger partial charge in [0, 0.05) is 6.61 Å². The lowest BCUT2D eigenvalue weighted by molar-refractivity contribution is -0.127. The average Bonchev–Trinajstić information content (AvgIpc) is 3.00. The summed E-state index contributed by atoms with van der Waals surface area (Å²) in [5.74, 6) is -0.108. The van der Waals surface area contributed by atoms with Gasteiger partial charge in [0.1, 0.15) is 12.6 Å². The van der Waals surface area contributed by atoms with Gasteiger partial charge in [-0.15, -0.1) is 0 Å². The van der Waals surface area contributed by atoms with E-state index in [0.29, 0.717) is 26.2 Å². The Morgan fingerprint density at radius 2 is 2.25 bits per heavy atom. The lowest BCUT2D eigenvalue weighted by atomic mass is 10.1. The number of anilines is 1. The van der Waals surface area contributed by atoms with E-state index in [1.165, 1.54) is 4.68 Å². The highest BCUT2D eigenvalue weighted by Gasteiger charge is 2.28. The molecule has 1 fully saturated rings. The van der Waals surface area contributed by atoms with Crippen molar-refractivity contribution in [3.05, 3.63) is 35.9 Å². The topological polar surface area (TPSA) is 117 Å². The molecular weight excluding hydrogens is 312 g/mol. The van der Waals surface area contributed by atoms with E-state index in [1.54, 1.807) is 0 Å². The smallest absolute Gasteiger partial charge is 0.242 e. The number of tetrazole rings is 1. The van der Waals surface area contributed by atoms with Crippen LogP contribution >= 0.6 is 0 Å². The lowest BCUT2D eigenvalue weighted by Crippen LogP contribution is -2.50. The van der Waals surface area contributed by atoms with Gasteiger partial charge < -0.3 is 20.5 Å². The molecule has 1 aromatic carbocycles. The third-order valence-electron chi connectivity index (χ3n) is 3.81. The second kappa shape index (κ2) is 7.84.